The molecule has 2 rings (SSSR count). The van der Waals surface area contributed by atoms with Gasteiger partial charge in [0, 0.05) is 0 Å². The summed E-state index contributed by atoms with van der Waals surface area (Å²) in [6.07, 6.45) is 24.9. The lowest BCUT2D eigenvalue weighted by atomic mass is 9.94. The molecule has 0 spiro atoms. The van der Waals surface area contributed by atoms with Gasteiger partial charge in [-0.1, -0.05) is 127 Å². The van der Waals surface area contributed by atoms with Crippen molar-refractivity contribution in [2.24, 2.45) is 5.92 Å². The summed E-state index contributed by atoms with van der Waals surface area (Å²) >= 11 is 0. The second-order valence-electron chi connectivity index (χ2n) is 9.02. The minimum atomic E-state index is -0.0154. The van der Waals surface area contributed by atoms with Crippen LogP contribution in [0.1, 0.15) is 122 Å². The van der Waals surface area contributed by atoms with Crippen molar-refractivity contribution in [3.8, 4) is 5.75 Å². The van der Waals surface area contributed by atoms with Crippen molar-refractivity contribution < 1.29 is 9.53 Å². The molecule has 1 saturated carbocycles. The SMILES string of the molecule is O=C(Oc1ccccc1)C1CCCCCCCCCCCCCCCCCCC1. The first-order valence-electron chi connectivity index (χ1n) is 12.6. The third kappa shape index (κ3) is 12.1. The number of hydrogen-bond donors (Lipinski definition) is 0. The number of carbonyl (C=O) groups excluding carboxylic acids is 1. The van der Waals surface area contributed by atoms with Crippen LogP contribution in [0.4, 0.5) is 0 Å². The van der Waals surface area contributed by atoms with Gasteiger partial charge >= 0.3 is 5.97 Å². The zero-order chi connectivity index (χ0) is 20.4. The Morgan fingerprint density at radius 2 is 0.897 bits per heavy atom. The molecule has 0 amide bonds. The van der Waals surface area contributed by atoms with Crippen molar-refractivity contribution in [1.29, 1.82) is 0 Å². The van der Waals surface area contributed by atoms with E-state index in [1.54, 1.807) is 0 Å². The standard InChI is InChI=1S/C27H44O2/c28-27(29-26-23-19-16-20-24-26)25-21-17-14-12-10-8-6-4-2-1-3-5-7-9-11-13-15-18-22-25/h16,19-20,23-25H,1-15,17-18,21-22H2. The lowest BCUT2D eigenvalue weighted by Gasteiger charge is -2.16. The van der Waals surface area contributed by atoms with Crippen molar-refractivity contribution in [1.82, 2.24) is 0 Å². The minimum Gasteiger partial charge on any atom is -0.426 e. The highest BCUT2D eigenvalue weighted by atomic mass is 16.5. The predicted octanol–water partition coefficient (Wildman–Crippen LogP) is 8.63. The van der Waals surface area contributed by atoms with Crippen LogP contribution >= 0.6 is 0 Å². The van der Waals surface area contributed by atoms with E-state index in [-0.39, 0.29) is 11.9 Å². The fourth-order valence-electron chi connectivity index (χ4n) is 4.50. The molecule has 1 aliphatic rings. The average molecular weight is 401 g/mol. The molecule has 0 aromatic heterocycles. The van der Waals surface area contributed by atoms with Gasteiger partial charge in [0.25, 0.3) is 0 Å². The van der Waals surface area contributed by atoms with E-state index >= 15 is 0 Å². The van der Waals surface area contributed by atoms with Crippen molar-refractivity contribution in [2.75, 3.05) is 0 Å². The van der Waals surface area contributed by atoms with Gasteiger partial charge in [-0.05, 0) is 25.0 Å². The Balaban J connectivity index is 1.76. The van der Waals surface area contributed by atoms with E-state index in [1.807, 2.05) is 30.3 Å². The fourth-order valence-corrected chi connectivity index (χ4v) is 4.50. The molecule has 0 radical (unpaired) electrons. The minimum absolute atomic E-state index is 0.0154. The first kappa shape index (κ1) is 24.0. The molecule has 0 unspecified atom stereocenters. The zero-order valence-corrected chi connectivity index (χ0v) is 18.7. The second-order valence-corrected chi connectivity index (χ2v) is 9.02. The molecule has 2 heteroatoms. The molecular formula is C27H44O2. The highest BCUT2D eigenvalue weighted by Crippen LogP contribution is 2.23. The van der Waals surface area contributed by atoms with Crippen LogP contribution in [0, 0.1) is 5.92 Å². The van der Waals surface area contributed by atoms with Crippen LogP contribution in [0.5, 0.6) is 5.75 Å². The van der Waals surface area contributed by atoms with E-state index < -0.39 is 0 Å². The van der Waals surface area contributed by atoms with E-state index in [0.29, 0.717) is 5.75 Å². The number of esters is 1. The zero-order valence-electron chi connectivity index (χ0n) is 18.7. The Morgan fingerprint density at radius 3 is 1.28 bits per heavy atom. The molecule has 1 fully saturated rings. The Morgan fingerprint density at radius 1 is 0.552 bits per heavy atom. The number of ether oxygens (including phenoxy) is 1. The third-order valence-corrected chi connectivity index (χ3v) is 6.40. The van der Waals surface area contributed by atoms with Gasteiger partial charge in [-0.2, -0.15) is 0 Å². The van der Waals surface area contributed by atoms with E-state index in [0.717, 1.165) is 25.7 Å². The van der Waals surface area contributed by atoms with Gasteiger partial charge in [-0.15, -0.1) is 0 Å². The van der Waals surface area contributed by atoms with Crippen LogP contribution in [-0.2, 0) is 4.79 Å². The second kappa shape index (κ2) is 16.5. The van der Waals surface area contributed by atoms with Crippen molar-refractivity contribution in [2.45, 2.75) is 122 Å². The Labute approximate surface area is 179 Å². The van der Waals surface area contributed by atoms with Gasteiger partial charge in [-0.25, -0.2) is 0 Å². The maximum Gasteiger partial charge on any atom is 0.314 e. The lowest BCUT2D eigenvalue weighted by Crippen LogP contribution is -2.20. The van der Waals surface area contributed by atoms with Gasteiger partial charge in [0.2, 0.25) is 0 Å². The number of benzene rings is 1. The van der Waals surface area contributed by atoms with E-state index in [1.165, 1.54) is 96.3 Å². The first-order chi connectivity index (χ1) is 14.4. The maximum atomic E-state index is 12.7. The predicted molar refractivity (Wildman–Crippen MR) is 123 cm³/mol. The molecule has 0 bridgehead atoms. The van der Waals surface area contributed by atoms with E-state index in [2.05, 4.69) is 0 Å². The van der Waals surface area contributed by atoms with Crippen LogP contribution in [0.2, 0.25) is 0 Å². The topological polar surface area (TPSA) is 26.3 Å². The van der Waals surface area contributed by atoms with Gasteiger partial charge in [-0.3, -0.25) is 4.79 Å². The van der Waals surface area contributed by atoms with Crippen LogP contribution in [-0.4, -0.2) is 5.97 Å². The lowest BCUT2D eigenvalue weighted by molar-refractivity contribution is -0.139. The van der Waals surface area contributed by atoms with Crippen LogP contribution in [0.3, 0.4) is 0 Å². The highest BCUT2D eigenvalue weighted by Gasteiger charge is 2.20. The molecule has 0 atom stereocenters. The number of para-hydroxylation sites is 1. The number of hydrogen-bond acceptors (Lipinski definition) is 2. The summed E-state index contributed by atoms with van der Waals surface area (Å²) < 4.78 is 5.68. The molecule has 164 valence electrons. The number of rotatable bonds is 2. The molecule has 2 nitrogen and oxygen atoms in total. The molecule has 1 aliphatic carbocycles. The Hall–Kier alpha value is -1.31. The Bertz CT molecular complexity index is 491. The Kier molecular flexibility index (Phi) is 13.6. The monoisotopic (exact) mass is 400 g/mol. The van der Waals surface area contributed by atoms with Crippen LogP contribution < -0.4 is 4.74 Å². The van der Waals surface area contributed by atoms with Gasteiger partial charge < -0.3 is 4.74 Å². The largest absolute Gasteiger partial charge is 0.426 e. The van der Waals surface area contributed by atoms with Crippen molar-refractivity contribution in [3.05, 3.63) is 30.3 Å². The van der Waals surface area contributed by atoms with Crippen LogP contribution in [0.25, 0.3) is 0 Å². The summed E-state index contributed by atoms with van der Waals surface area (Å²) in [6.45, 7) is 0. The summed E-state index contributed by atoms with van der Waals surface area (Å²) in [5.74, 6) is 0.739. The fraction of sp³-hybridized carbons (Fsp3) is 0.741. The molecule has 0 heterocycles. The van der Waals surface area contributed by atoms with E-state index in [4.69, 9.17) is 4.74 Å². The molecule has 1 aromatic carbocycles. The third-order valence-electron chi connectivity index (χ3n) is 6.40. The summed E-state index contributed by atoms with van der Waals surface area (Å²) in [5, 5.41) is 0. The normalized spacial score (nSPS) is 20.6. The summed E-state index contributed by atoms with van der Waals surface area (Å²) in [7, 11) is 0. The van der Waals surface area contributed by atoms with Gasteiger partial charge in [0.15, 0.2) is 0 Å². The van der Waals surface area contributed by atoms with Crippen molar-refractivity contribution in [3.63, 3.8) is 0 Å². The highest BCUT2D eigenvalue weighted by molar-refractivity contribution is 5.75. The quantitative estimate of drug-likeness (QED) is 0.367. The molecule has 0 aliphatic heterocycles. The van der Waals surface area contributed by atoms with E-state index in [9.17, 15) is 4.79 Å². The summed E-state index contributed by atoms with van der Waals surface area (Å²) in [4.78, 5) is 12.7. The molecule has 29 heavy (non-hydrogen) atoms. The van der Waals surface area contributed by atoms with Gasteiger partial charge in [0.05, 0.1) is 5.92 Å². The summed E-state index contributed by atoms with van der Waals surface area (Å²) in [5.41, 5.74) is 0. The van der Waals surface area contributed by atoms with Crippen molar-refractivity contribution >= 4 is 5.97 Å². The molecular weight excluding hydrogens is 356 g/mol. The molecule has 0 N–H and O–H groups in total. The summed E-state index contributed by atoms with van der Waals surface area (Å²) in [6, 6.07) is 9.57. The van der Waals surface area contributed by atoms with Gasteiger partial charge in [0.1, 0.15) is 5.75 Å². The molecule has 1 aromatic rings. The number of carbonyl (C=O) groups is 1. The van der Waals surface area contributed by atoms with Crippen LogP contribution in [0.15, 0.2) is 30.3 Å². The average Bonchev–Trinajstić information content (AvgIpc) is 2.73. The maximum absolute atomic E-state index is 12.7. The first-order valence-corrected chi connectivity index (χ1v) is 12.6. The smallest absolute Gasteiger partial charge is 0.314 e. The molecule has 0 saturated heterocycles.